The largest absolute Gasteiger partial charge is 0.393 e. The minimum atomic E-state index is -3.38. The van der Waals surface area contributed by atoms with Crippen LogP contribution in [0.2, 0.25) is 0 Å². The Morgan fingerprint density at radius 2 is 1.88 bits per heavy atom. The maximum absolute atomic E-state index is 11.8. The van der Waals surface area contributed by atoms with E-state index in [1.54, 1.807) is 31.2 Å². The minimum absolute atomic E-state index is 0.264. The van der Waals surface area contributed by atoms with Gasteiger partial charge in [-0.3, -0.25) is 0 Å². The van der Waals surface area contributed by atoms with E-state index in [0.717, 1.165) is 12.0 Å². The molecule has 0 aromatic heterocycles. The normalized spacial score (nSPS) is 13.6. The van der Waals surface area contributed by atoms with Gasteiger partial charge in [0.1, 0.15) is 0 Å². The molecule has 2 N–H and O–H groups in total. The Morgan fingerprint density at radius 1 is 1.29 bits per heavy atom. The number of hydrogen-bond acceptors (Lipinski definition) is 3. The molecule has 4 nitrogen and oxygen atoms in total. The topological polar surface area (TPSA) is 66.4 Å². The summed E-state index contributed by atoms with van der Waals surface area (Å²) < 4.78 is 26.0. The molecule has 1 aromatic carbocycles. The molecule has 0 aliphatic carbocycles. The summed E-state index contributed by atoms with van der Waals surface area (Å²) in [5.41, 5.74) is 0.925. The van der Waals surface area contributed by atoms with Crippen molar-refractivity contribution in [2.24, 2.45) is 0 Å². The molecule has 1 atom stereocenters. The predicted molar refractivity (Wildman–Crippen MR) is 67.3 cm³/mol. The summed E-state index contributed by atoms with van der Waals surface area (Å²) in [6, 6.07) is 6.59. The molecule has 17 heavy (non-hydrogen) atoms. The Bertz CT molecular complexity index is 437. The Balaban J connectivity index is 2.80. The zero-order valence-corrected chi connectivity index (χ0v) is 11.0. The van der Waals surface area contributed by atoms with Crippen LogP contribution in [-0.4, -0.2) is 26.2 Å². The lowest BCUT2D eigenvalue weighted by Gasteiger charge is -2.07. The number of sulfonamides is 1. The molecular weight excluding hydrogens is 238 g/mol. The van der Waals surface area contributed by atoms with Gasteiger partial charge in [-0.1, -0.05) is 19.1 Å². The zero-order chi connectivity index (χ0) is 12.9. The van der Waals surface area contributed by atoms with Crippen LogP contribution >= 0.6 is 0 Å². The van der Waals surface area contributed by atoms with Gasteiger partial charge in [-0.25, -0.2) is 13.1 Å². The Morgan fingerprint density at radius 3 is 2.35 bits per heavy atom. The maximum Gasteiger partial charge on any atom is 0.240 e. The second kappa shape index (κ2) is 6.14. The van der Waals surface area contributed by atoms with E-state index in [1.807, 2.05) is 6.92 Å². The van der Waals surface area contributed by atoms with E-state index in [-0.39, 0.29) is 4.90 Å². The number of aliphatic hydroxyl groups excluding tert-OH is 1. The molecule has 0 spiro atoms. The fourth-order valence-electron chi connectivity index (χ4n) is 1.47. The summed E-state index contributed by atoms with van der Waals surface area (Å²) in [5.74, 6) is 0. The number of hydrogen-bond donors (Lipinski definition) is 2. The van der Waals surface area contributed by atoms with Crippen molar-refractivity contribution in [1.29, 1.82) is 0 Å². The second-order valence-electron chi connectivity index (χ2n) is 4.09. The lowest BCUT2D eigenvalue weighted by atomic mass is 10.1. The fraction of sp³-hybridized carbons (Fsp3) is 0.500. The molecule has 96 valence electrons. The molecule has 1 unspecified atom stereocenters. The molecular formula is C12H19NO3S. The first kappa shape index (κ1) is 14.2. The molecule has 5 heteroatoms. The Labute approximate surface area is 103 Å². The van der Waals surface area contributed by atoms with Crippen LogP contribution in [-0.2, 0) is 16.4 Å². The number of nitrogens with one attached hydrogen (secondary N) is 1. The van der Waals surface area contributed by atoms with Crippen molar-refractivity contribution in [3.05, 3.63) is 29.8 Å². The number of benzene rings is 1. The summed E-state index contributed by atoms with van der Waals surface area (Å²) >= 11 is 0. The molecule has 0 fully saturated rings. The number of aliphatic hydroxyl groups is 1. The van der Waals surface area contributed by atoms with Crippen molar-refractivity contribution >= 4 is 10.0 Å². The Kier molecular flexibility index (Phi) is 5.11. The smallest absolute Gasteiger partial charge is 0.240 e. The van der Waals surface area contributed by atoms with Crippen molar-refractivity contribution < 1.29 is 13.5 Å². The van der Waals surface area contributed by atoms with E-state index in [0.29, 0.717) is 13.0 Å². The highest BCUT2D eigenvalue weighted by atomic mass is 32.2. The minimum Gasteiger partial charge on any atom is -0.393 e. The highest BCUT2D eigenvalue weighted by molar-refractivity contribution is 7.89. The fourth-order valence-corrected chi connectivity index (χ4v) is 2.60. The van der Waals surface area contributed by atoms with Crippen LogP contribution in [0.1, 0.15) is 25.8 Å². The van der Waals surface area contributed by atoms with E-state index < -0.39 is 16.1 Å². The van der Waals surface area contributed by atoms with Crippen LogP contribution in [0, 0.1) is 0 Å². The SMILES string of the molecule is CCCNS(=O)(=O)c1ccc(CC(C)O)cc1. The average molecular weight is 257 g/mol. The van der Waals surface area contributed by atoms with E-state index in [9.17, 15) is 13.5 Å². The van der Waals surface area contributed by atoms with Gasteiger partial charge < -0.3 is 5.11 Å². The quantitative estimate of drug-likeness (QED) is 0.807. The monoisotopic (exact) mass is 257 g/mol. The summed E-state index contributed by atoms with van der Waals surface area (Å²) in [6.07, 6.45) is 0.873. The Hall–Kier alpha value is -0.910. The van der Waals surface area contributed by atoms with Gasteiger partial charge in [0.15, 0.2) is 0 Å². The third-order valence-corrected chi connectivity index (χ3v) is 3.78. The molecule has 0 aliphatic heterocycles. The molecule has 0 amide bonds. The molecule has 0 saturated carbocycles. The lowest BCUT2D eigenvalue weighted by molar-refractivity contribution is 0.195. The third-order valence-electron chi connectivity index (χ3n) is 2.31. The molecule has 0 aliphatic rings. The van der Waals surface area contributed by atoms with Gasteiger partial charge in [-0.2, -0.15) is 0 Å². The predicted octanol–water partition coefficient (Wildman–Crippen LogP) is 1.30. The zero-order valence-electron chi connectivity index (χ0n) is 10.2. The first-order valence-electron chi connectivity index (χ1n) is 5.72. The highest BCUT2D eigenvalue weighted by Crippen LogP contribution is 2.11. The van der Waals surface area contributed by atoms with Crippen LogP contribution < -0.4 is 4.72 Å². The van der Waals surface area contributed by atoms with Crippen molar-refractivity contribution in [1.82, 2.24) is 4.72 Å². The van der Waals surface area contributed by atoms with E-state index in [4.69, 9.17) is 0 Å². The molecule has 1 aromatic rings. The van der Waals surface area contributed by atoms with E-state index >= 15 is 0 Å². The first-order valence-corrected chi connectivity index (χ1v) is 7.20. The molecule has 0 saturated heterocycles. The van der Waals surface area contributed by atoms with Crippen molar-refractivity contribution in [3.8, 4) is 0 Å². The molecule has 0 heterocycles. The first-order chi connectivity index (χ1) is 7.95. The van der Waals surface area contributed by atoms with Gasteiger partial charge in [0.25, 0.3) is 0 Å². The molecule has 1 rings (SSSR count). The van der Waals surface area contributed by atoms with E-state index in [2.05, 4.69) is 4.72 Å². The highest BCUT2D eigenvalue weighted by Gasteiger charge is 2.12. The van der Waals surface area contributed by atoms with Gasteiger partial charge in [0.2, 0.25) is 10.0 Å². The summed E-state index contributed by atoms with van der Waals surface area (Å²) in [7, 11) is -3.38. The summed E-state index contributed by atoms with van der Waals surface area (Å²) in [6.45, 7) is 4.06. The van der Waals surface area contributed by atoms with Crippen molar-refractivity contribution in [2.75, 3.05) is 6.54 Å². The van der Waals surface area contributed by atoms with Gasteiger partial charge in [-0.05, 0) is 37.5 Å². The van der Waals surface area contributed by atoms with Gasteiger partial charge >= 0.3 is 0 Å². The van der Waals surface area contributed by atoms with Crippen LogP contribution in [0.5, 0.6) is 0 Å². The van der Waals surface area contributed by atoms with Gasteiger partial charge in [0.05, 0.1) is 11.0 Å². The summed E-state index contributed by atoms with van der Waals surface area (Å²) in [5, 5.41) is 9.22. The van der Waals surface area contributed by atoms with Crippen LogP contribution in [0.4, 0.5) is 0 Å². The van der Waals surface area contributed by atoms with Crippen LogP contribution in [0.3, 0.4) is 0 Å². The van der Waals surface area contributed by atoms with Crippen LogP contribution in [0.15, 0.2) is 29.2 Å². The van der Waals surface area contributed by atoms with Gasteiger partial charge in [-0.15, -0.1) is 0 Å². The van der Waals surface area contributed by atoms with Gasteiger partial charge in [0, 0.05) is 6.54 Å². The lowest BCUT2D eigenvalue weighted by Crippen LogP contribution is -2.24. The molecule has 0 radical (unpaired) electrons. The van der Waals surface area contributed by atoms with Crippen LogP contribution in [0.25, 0.3) is 0 Å². The average Bonchev–Trinajstić information content (AvgIpc) is 2.26. The maximum atomic E-state index is 11.8. The van der Waals surface area contributed by atoms with Crippen molar-refractivity contribution in [3.63, 3.8) is 0 Å². The number of rotatable bonds is 6. The third kappa shape index (κ3) is 4.46. The van der Waals surface area contributed by atoms with Crippen molar-refractivity contribution in [2.45, 2.75) is 37.7 Å². The second-order valence-corrected chi connectivity index (χ2v) is 5.86. The molecule has 0 bridgehead atoms. The standard InChI is InChI=1S/C12H19NO3S/c1-3-8-13-17(15,16)12-6-4-11(5-7-12)9-10(2)14/h4-7,10,13-14H,3,8-9H2,1-2H3. The summed E-state index contributed by atoms with van der Waals surface area (Å²) in [4.78, 5) is 0.264. The van der Waals surface area contributed by atoms with E-state index in [1.165, 1.54) is 0 Å².